The van der Waals surface area contributed by atoms with Crippen molar-refractivity contribution >= 4 is 5.97 Å². The van der Waals surface area contributed by atoms with Crippen molar-refractivity contribution in [3.63, 3.8) is 0 Å². The highest BCUT2D eigenvalue weighted by atomic mass is 16.4. The quantitative estimate of drug-likeness (QED) is 0.342. The molecule has 0 aliphatic heterocycles. The first-order chi connectivity index (χ1) is 10.6. The maximum atomic E-state index is 10.4. The van der Waals surface area contributed by atoms with Crippen molar-refractivity contribution in [1.82, 2.24) is 0 Å². The van der Waals surface area contributed by atoms with Crippen LogP contribution < -0.4 is 0 Å². The lowest BCUT2D eigenvalue weighted by Crippen LogP contribution is -2.02. The van der Waals surface area contributed by atoms with Gasteiger partial charge in [-0.25, -0.2) is 0 Å². The van der Waals surface area contributed by atoms with E-state index in [0.717, 1.165) is 38.5 Å². The van der Waals surface area contributed by atoms with E-state index in [9.17, 15) is 9.90 Å². The molecule has 0 saturated heterocycles. The molecule has 1 fully saturated rings. The Morgan fingerprint density at radius 3 is 2.77 bits per heavy atom. The molecular weight excluding hydrogens is 276 g/mol. The summed E-state index contributed by atoms with van der Waals surface area (Å²) in [5.41, 5.74) is 0. The standard InChI is InChI=1S/C19H30O3/c1-2-3-7-11-18(20)14-13-17-15-16(17)10-8-5-4-6-9-12-19(21)22/h4-5,16-18,20H,2-3,6-12,15H2,1H3,(H,21,22)/b5-4-/t16-,17+,18-/m1/s1. The number of carboxylic acid groups (broad SMARTS) is 1. The molecule has 2 N–H and O–H groups in total. The fourth-order valence-electron chi connectivity index (χ4n) is 2.52. The molecule has 1 saturated carbocycles. The number of hydrogen-bond donors (Lipinski definition) is 2. The Balaban J connectivity index is 2.02. The van der Waals surface area contributed by atoms with Crippen LogP contribution in [0.2, 0.25) is 0 Å². The minimum atomic E-state index is -0.718. The molecule has 0 unspecified atom stereocenters. The van der Waals surface area contributed by atoms with Gasteiger partial charge in [0.25, 0.3) is 0 Å². The summed E-state index contributed by atoms with van der Waals surface area (Å²) in [6, 6.07) is 0. The van der Waals surface area contributed by atoms with Gasteiger partial charge in [-0.1, -0.05) is 43.8 Å². The molecule has 22 heavy (non-hydrogen) atoms. The molecule has 0 radical (unpaired) electrons. The Labute approximate surface area is 134 Å². The van der Waals surface area contributed by atoms with Crippen LogP contribution in [0, 0.1) is 23.7 Å². The van der Waals surface area contributed by atoms with E-state index in [2.05, 4.69) is 30.9 Å². The molecule has 1 rings (SSSR count). The van der Waals surface area contributed by atoms with Gasteiger partial charge in [0.15, 0.2) is 0 Å². The first-order valence-electron chi connectivity index (χ1n) is 8.69. The van der Waals surface area contributed by atoms with Gasteiger partial charge in [0.1, 0.15) is 6.10 Å². The number of aliphatic carboxylic acids is 1. The van der Waals surface area contributed by atoms with Crippen molar-refractivity contribution in [3.8, 4) is 11.8 Å². The normalized spacial score (nSPS) is 21.4. The number of rotatable bonds is 11. The second-order valence-electron chi connectivity index (χ2n) is 6.24. The third kappa shape index (κ3) is 9.63. The summed E-state index contributed by atoms with van der Waals surface area (Å²) in [6.45, 7) is 2.16. The molecule has 1 aliphatic rings. The molecule has 3 nitrogen and oxygen atoms in total. The van der Waals surface area contributed by atoms with Crippen LogP contribution in [0.4, 0.5) is 0 Å². The van der Waals surface area contributed by atoms with Gasteiger partial charge >= 0.3 is 5.97 Å². The van der Waals surface area contributed by atoms with Crippen molar-refractivity contribution in [1.29, 1.82) is 0 Å². The summed E-state index contributed by atoms with van der Waals surface area (Å²) in [5.74, 6) is 6.67. The van der Waals surface area contributed by atoms with Crippen LogP contribution in [-0.4, -0.2) is 22.3 Å². The highest BCUT2D eigenvalue weighted by molar-refractivity contribution is 5.66. The number of carbonyl (C=O) groups is 1. The van der Waals surface area contributed by atoms with Gasteiger partial charge in [-0.05, 0) is 50.9 Å². The second kappa shape index (κ2) is 11.3. The first kappa shape index (κ1) is 18.8. The predicted octanol–water partition coefficient (Wildman–Crippen LogP) is 4.16. The Hall–Kier alpha value is -1.27. The van der Waals surface area contributed by atoms with Crippen molar-refractivity contribution in [2.45, 2.75) is 77.2 Å². The molecule has 3 atom stereocenters. The molecular formula is C19H30O3. The number of unbranched alkanes of at least 4 members (excludes halogenated alkanes) is 3. The van der Waals surface area contributed by atoms with Gasteiger partial charge in [-0.3, -0.25) is 4.79 Å². The zero-order valence-electron chi connectivity index (χ0n) is 13.8. The summed E-state index contributed by atoms with van der Waals surface area (Å²) >= 11 is 0. The van der Waals surface area contributed by atoms with Gasteiger partial charge < -0.3 is 10.2 Å². The number of aliphatic hydroxyl groups excluding tert-OH is 1. The lowest BCUT2D eigenvalue weighted by molar-refractivity contribution is -0.137. The molecule has 1 aliphatic carbocycles. The lowest BCUT2D eigenvalue weighted by Gasteiger charge is -2.01. The maximum absolute atomic E-state index is 10.4. The molecule has 3 heteroatoms. The minimum absolute atomic E-state index is 0.255. The molecule has 0 aromatic carbocycles. The number of allylic oxidation sites excluding steroid dienone is 2. The Morgan fingerprint density at radius 1 is 1.27 bits per heavy atom. The van der Waals surface area contributed by atoms with E-state index in [0.29, 0.717) is 11.8 Å². The number of carboxylic acids is 1. The van der Waals surface area contributed by atoms with Gasteiger partial charge in [0, 0.05) is 12.3 Å². The van der Waals surface area contributed by atoms with Gasteiger partial charge in [-0.15, -0.1) is 0 Å². The van der Waals surface area contributed by atoms with Gasteiger partial charge in [0.2, 0.25) is 0 Å². The zero-order valence-corrected chi connectivity index (χ0v) is 13.8. The van der Waals surface area contributed by atoms with Crippen molar-refractivity contribution in [3.05, 3.63) is 12.2 Å². The smallest absolute Gasteiger partial charge is 0.303 e. The third-order valence-electron chi connectivity index (χ3n) is 4.07. The largest absolute Gasteiger partial charge is 0.481 e. The van der Waals surface area contributed by atoms with Crippen molar-refractivity contribution < 1.29 is 15.0 Å². The SMILES string of the molecule is CCCCC[C@@H](O)C#C[C@H]1C[C@H]1CC/C=C\CCCC(=O)O. The summed E-state index contributed by atoms with van der Waals surface area (Å²) in [6.07, 6.45) is 13.2. The molecule has 124 valence electrons. The van der Waals surface area contributed by atoms with E-state index in [1.807, 2.05) is 0 Å². The second-order valence-corrected chi connectivity index (χ2v) is 6.24. The van der Waals surface area contributed by atoms with Crippen molar-refractivity contribution in [2.75, 3.05) is 0 Å². The van der Waals surface area contributed by atoms with Crippen LogP contribution in [0.25, 0.3) is 0 Å². The summed E-state index contributed by atoms with van der Waals surface area (Å²) in [7, 11) is 0. The first-order valence-corrected chi connectivity index (χ1v) is 8.69. The third-order valence-corrected chi connectivity index (χ3v) is 4.07. The maximum Gasteiger partial charge on any atom is 0.303 e. The molecule has 0 bridgehead atoms. The van der Waals surface area contributed by atoms with E-state index in [-0.39, 0.29) is 6.42 Å². The molecule has 0 aromatic rings. The van der Waals surface area contributed by atoms with Crippen molar-refractivity contribution in [2.24, 2.45) is 11.8 Å². The Morgan fingerprint density at radius 2 is 2.05 bits per heavy atom. The zero-order chi connectivity index (χ0) is 16.2. The van der Waals surface area contributed by atoms with E-state index in [1.165, 1.54) is 19.3 Å². The summed E-state index contributed by atoms with van der Waals surface area (Å²) < 4.78 is 0. The molecule has 0 aromatic heterocycles. The lowest BCUT2D eigenvalue weighted by atomic mass is 10.1. The van der Waals surface area contributed by atoms with Gasteiger partial charge in [0.05, 0.1) is 0 Å². The van der Waals surface area contributed by atoms with Crippen LogP contribution in [0.1, 0.15) is 71.1 Å². The fraction of sp³-hybridized carbons (Fsp3) is 0.737. The van der Waals surface area contributed by atoms with E-state index in [1.54, 1.807) is 0 Å². The minimum Gasteiger partial charge on any atom is -0.481 e. The van der Waals surface area contributed by atoms with Crippen LogP contribution in [0.5, 0.6) is 0 Å². The van der Waals surface area contributed by atoms with Crippen LogP contribution in [0.3, 0.4) is 0 Å². The highest BCUT2D eigenvalue weighted by Crippen LogP contribution is 2.41. The summed E-state index contributed by atoms with van der Waals surface area (Å²) in [5, 5.41) is 18.3. The monoisotopic (exact) mass is 306 g/mol. The van der Waals surface area contributed by atoms with Crippen LogP contribution in [0.15, 0.2) is 12.2 Å². The van der Waals surface area contributed by atoms with Gasteiger partial charge in [-0.2, -0.15) is 0 Å². The molecule has 0 spiro atoms. The number of aliphatic hydroxyl groups is 1. The average Bonchev–Trinajstić information content (AvgIpc) is 3.22. The van der Waals surface area contributed by atoms with Crippen LogP contribution in [-0.2, 0) is 4.79 Å². The Bertz CT molecular complexity index is 403. The predicted molar refractivity (Wildman–Crippen MR) is 89.4 cm³/mol. The van der Waals surface area contributed by atoms with E-state index in [4.69, 9.17) is 5.11 Å². The number of hydrogen-bond acceptors (Lipinski definition) is 2. The average molecular weight is 306 g/mol. The summed E-state index contributed by atoms with van der Waals surface area (Å²) in [4.78, 5) is 10.4. The highest BCUT2D eigenvalue weighted by Gasteiger charge is 2.34. The molecule has 0 heterocycles. The van der Waals surface area contributed by atoms with Crippen LogP contribution >= 0.6 is 0 Å². The van der Waals surface area contributed by atoms with E-state index < -0.39 is 12.1 Å². The Kier molecular flexibility index (Phi) is 9.66. The van der Waals surface area contributed by atoms with E-state index >= 15 is 0 Å². The molecule has 0 amide bonds. The fourth-order valence-corrected chi connectivity index (χ4v) is 2.52. The topological polar surface area (TPSA) is 57.5 Å².